The van der Waals surface area contributed by atoms with Crippen molar-refractivity contribution in [2.45, 2.75) is 24.9 Å². The lowest BCUT2D eigenvalue weighted by Gasteiger charge is -2.34. The van der Waals surface area contributed by atoms with Crippen LogP contribution in [-0.2, 0) is 14.4 Å². The first-order valence-corrected chi connectivity index (χ1v) is 3.72. The molecule has 0 spiro atoms. The third kappa shape index (κ3) is 0.654. The Balaban J connectivity index is 2.21. The number of hydrogen-bond donors (Lipinski definition) is 1. The number of ketones is 1. The SMILES string of the molecule is O=C(O)C1CC[C@H]2C(=O)C(=O)N12. The molecular weight excluding hydrogens is 162 g/mol. The minimum Gasteiger partial charge on any atom is -0.480 e. The lowest BCUT2D eigenvalue weighted by Crippen LogP contribution is -2.62. The van der Waals surface area contributed by atoms with Gasteiger partial charge in [-0.2, -0.15) is 0 Å². The zero-order valence-electron chi connectivity index (χ0n) is 6.19. The van der Waals surface area contributed by atoms with Crippen molar-refractivity contribution in [1.82, 2.24) is 4.90 Å². The number of β-lactam (4-membered cyclic amide) rings is 1. The normalized spacial score (nSPS) is 33.2. The molecule has 12 heavy (non-hydrogen) atoms. The first-order valence-electron chi connectivity index (χ1n) is 3.72. The molecule has 0 bridgehead atoms. The second kappa shape index (κ2) is 2.06. The van der Waals surface area contributed by atoms with Crippen LogP contribution in [0.15, 0.2) is 0 Å². The summed E-state index contributed by atoms with van der Waals surface area (Å²) < 4.78 is 0. The summed E-state index contributed by atoms with van der Waals surface area (Å²) in [6, 6.07) is -1.20. The summed E-state index contributed by atoms with van der Waals surface area (Å²) in [6.07, 6.45) is 0.902. The van der Waals surface area contributed by atoms with Crippen LogP contribution in [0.3, 0.4) is 0 Å². The molecule has 0 aliphatic carbocycles. The van der Waals surface area contributed by atoms with Crippen molar-refractivity contribution < 1.29 is 19.5 Å². The summed E-state index contributed by atoms with van der Waals surface area (Å²) in [5.41, 5.74) is 0. The van der Waals surface area contributed by atoms with Gasteiger partial charge in [-0.05, 0) is 12.8 Å². The third-order valence-electron chi connectivity index (χ3n) is 2.42. The van der Waals surface area contributed by atoms with Gasteiger partial charge in [-0.25, -0.2) is 4.79 Å². The van der Waals surface area contributed by atoms with Gasteiger partial charge >= 0.3 is 5.97 Å². The predicted molar refractivity (Wildman–Crippen MR) is 36.3 cm³/mol. The quantitative estimate of drug-likeness (QED) is 0.404. The van der Waals surface area contributed by atoms with Crippen LogP contribution in [0, 0.1) is 0 Å². The van der Waals surface area contributed by atoms with Crippen LogP contribution >= 0.6 is 0 Å². The number of Topliss-reactive ketones (excluding diaryl/α,β-unsaturated/α-hetero) is 1. The van der Waals surface area contributed by atoms with E-state index in [4.69, 9.17) is 5.11 Å². The number of carboxylic acids is 1. The van der Waals surface area contributed by atoms with E-state index in [-0.39, 0.29) is 0 Å². The fraction of sp³-hybridized carbons (Fsp3) is 0.571. The summed E-state index contributed by atoms with van der Waals surface area (Å²) in [4.78, 5) is 33.4. The monoisotopic (exact) mass is 169 g/mol. The standard InChI is InChI=1S/C7H7NO4/c9-5-3-1-2-4(7(11)12)8(3)6(5)10/h3-4H,1-2H2,(H,11,12)/t3-,4?/m0/s1. The summed E-state index contributed by atoms with van der Waals surface area (Å²) in [5, 5.41) is 8.63. The average molecular weight is 169 g/mol. The molecule has 2 aliphatic rings. The zero-order valence-corrected chi connectivity index (χ0v) is 6.19. The summed E-state index contributed by atoms with van der Waals surface area (Å²) >= 11 is 0. The van der Waals surface area contributed by atoms with Crippen molar-refractivity contribution in [2.24, 2.45) is 0 Å². The molecule has 0 saturated carbocycles. The van der Waals surface area contributed by atoms with E-state index in [0.29, 0.717) is 12.8 Å². The summed E-state index contributed by atoms with van der Waals surface area (Å²) in [6.45, 7) is 0. The van der Waals surface area contributed by atoms with Gasteiger partial charge in [0, 0.05) is 0 Å². The molecule has 64 valence electrons. The molecule has 2 fully saturated rings. The molecule has 2 saturated heterocycles. The maximum absolute atomic E-state index is 10.9. The molecule has 2 aliphatic heterocycles. The number of carbonyl (C=O) groups is 3. The highest BCUT2D eigenvalue weighted by molar-refractivity contribution is 6.45. The van der Waals surface area contributed by atoms with Crippen molar-refractivity contribution in [3.63, 3.8) is 0 Å². The number of hydrogen-bond acceptors (Lipinski definition) is 3. The van der Waals surface area contributed by atoms with E-state index in [2.05, 4.69) is 0 Å². The maximum Gasteiger partial charge on any atom is 0.326 e. The number of fused-ring (bicyclic) bond motifs is 1. The van der Waals surface area contributed by atoms with Crippen LogP contribution in [0.1, 0.15) is 12.8 Å². The molecule has 0 aromatic rings. The van der Waals surface area contributed by atoms with Gasteiger partial charge in [0.2, 0.25) is 5.78 Å². The van der Waals surface area contributed by atoms with Gasteiger partial charge in [-0.3, -0.25) is 9.59 Å². The van der Waals surface area contributed by atoms with Gasteiger partial charge in [0.05, 0.1) is 0 Å². The number of amides is 1. The van der Waals surface area contributed by atoms with Gasteiger partial charge in [-0.15, -0.1) is 0 Å². The molecule has 0 aromatic carbocycles. The molecule has 1 N–H and O–H groups in total. The fourth-order valence-corrected chi connectivity index (χ4v) is 1.80. The van der Waals surface area contributed by atoms with E-state index in [1.807, 2.05) is 0 Å². The number of carbonyl (C=O) groups excluding carboxylic acids is 2. The Morgan fingerprint density at radius 2 is 2.08 bits per heavy atom. The van der Waals surface area contributed by atoms with Crippen LogP contribution in [0.5, 0.6) is 0 Å². The fourth-order valence-electron chi connectivity index (χ4n) is 1.80. The molecule has 0 radical (unpaired) electrons. The van der Waals surface area contributed by atoms with Crippen LogP contribution in [0.2, 0.25) is 0 Å². The van der Waals surface area contributed by atoms with Gasteiger partial charge < -0.3 is 10.0 Å². The molecule has 2 atom stereocenters. The minimum absolute atomic E-state index is 0.400. The van der Waals surface area contributed by atoms with E-state index in [1.165, 1.54) is 4.90 Å². The molecule has 0 aromatic heterocycles. The lowest BCUT2D eigenvalue weighted by molar-refractivity contribution is -0.164. The summed E-state index contributed by atoms with van der Waals surface area (Å²) in [7, 11) is 0. The smallest absolute Gasteiger partial charge is 0.326 e. The van der Waals surface area contributed by atoms with Crippen molar-refractivity contribution in [1.29, 1.82) is 0 Å². The van der Waals surface area contributed by atoms with Gasteiger partial charge in [0.15, 0.2) is 0 Å². The van der Waals surface area contributed by atoms with E-state index in [0.717, 1.165) is 0 Å². The molecule has 2 rings (SSSR count). The zero-order chi connectivity index (χ0) is 8.88. The van der Waals surface area contributed by atoms with E-state index >= 15 is 0 Å². The second-order valence-corrected chi connectivity index (χ2v) is 3.02. The molecule has 2 heterocycles. The largest absolute Gasteiger partial charge is 0.480 e. The maximum atomic E-state index is 10.9. The van der Waals surface area contributed by atoms with Crippen LogP contribution in [0.25, 0.3) is 0 Å². The topological polar surface area (TPSA) is 74.7 Å². The van der Waals surface area contributed by atoms with Gasteiger partial charge in [0.25, 0.3) is 5.91 Å². The van der Waals surface area contributed by atoms with Gasteiger partial charge in [-0.1, -0.05) is 0 Å². The average Bonchev–Trinajstić information content (AvgIpc) is 2.43. The lowest BCUT2D eigenvalue weighted by atomic mass is 10.0. The molecule has 1 unspecified atom stereocenters. The number of carboxylic acid groups (broad SMARTS) is 1. The minimum atomic E-state index is -1.02. The predicted octanol–water partition coefficient (Wildman–Crippen LogP) is -0.987. The Morgan fingerprint density at radius 3 is 2.67 bits per heavy atom. The van der Waals surface area contributed by atoms with Crippen LogP contribution in [-0.4, -0.2) is 39.7 Å². The number of rotatable bonds is 1. The van der Waals surface area contributed by atoms with E-state index in [9.17, 15) is 14.4 Å². The van der Waals surface area contributed by atoms with Crippen molar-refractivity contribution in [3.8, 4) is 0 Å². The Morgan fingerprint density at radius 1 is 1.42 bits per heavy atom. The van der Waals surface area contributed by atoms with E-state index in [1.54, 1.807) is 0 Å². The van der Waals surface area contributed by atoms with Crippen molar-refractivity contribution in [3.05, 3.63) is 0 Å². The Hall–Kier alpha value is -1.39. The first kappa shape index (κ1) is 7.27. The first-order chi connectivity index (χ1) is 5.63. The third-order valence-corrected chi connectivity index (χ3v) is 2.42. The molecule has 5 nitrogen and oxygen atoms in total. The highest BCUT2D eigenvalue weighted by Gasteiger charge is 2.55. The molecular formula is C7H7NO4. The highest BCUT2D eigenvalue weighted by atomic mass is 16.4. The van der Waals surface area contributed by atoms with Crippen LogP contribution < -0.4 is 0 Å². The molecule has 1 amide bonds. The summed E-state index contributed by atoms with van der Waals surface area (Å²) in [5.74, 6) is -2.08. The number of nitrogens with zero attached hydrogens (tertiary/aromatic N) is 1. The van der Waals surface area contributed by atoms with E-state index < -0.39 is 29.7 Å². The Bertz CT molecular complexity index is 285. The Kier molecular flexibility index (Phi) is 1.25. The Labute approximate surface area is 68.0 Å². The molecule has 5 heteroatoms. The number of aliphatic carboxylic acids is 1. The second-order valence-electron chi connectivity index (χ2n) is 3.02. The van der Waals surface area contributed by atoms with Crippen LogP contribution in [0.4, 0.5) is 0 Å². The van der Waals surface area contributed by atoms with Crippen molar-refractivity contribution >= 4 is 17.7 Å². The highest BCUT2D eigenvalue weighted by Crippen LogP contribution is 2.32. The van der Waals surface area contributed by atoms with Gasteiger partial charge in [0.1, 0.15) is 12.1 Å². The van der Waals surface area contributed by atoms with Crippen molar-refractivity contribution in [2.75, 3.05) is 0 Å².